The number of nitrogens with zero attached hydrogens (tertiary/aromatic N) is 3. The van der Waals surface area contributed by atoms with Gasteiger partial charge in [-0.3, -0.25) is 9.52 Å². The second-order valence-electron chi connectivity index (χ2n) is 8.88. The van der Waals surface area contributed by atoms with Crippen molar-refractivity contribution in [3.8, 4) is 5.75 Å². The predicted molar refractivity (Wildman–Crippen MR) is 146 cm³/mol. The lowest BCUT2D eigenvalue weighted by Gasteiger charge is -2.15. The highest BCUT2D eigenvalue weighted by Crippen LogP contribution is 2.38. The van der Waals surface area contributed by atoms with Crippen molar-refractivity contribution in [3.05, 3.63) is 102 Å². The molecule has 0 radical (unpaired) electrons. The monoisotopic (exact) mass is 568 g/mol. The van der Waals surface area contributed by atoms with Crippen molar-refractivity contribution in [2.24, 2.45) is 5.10 Å². The molecule has 0 aliphatic carbocycles. The molecular formula is C28H23F3N4O4S. The normalized spacial score (nSPS) is 17.3. The van der Waals surface area contributed by atoms with Crippen LogP contribution in [0.2, 0.25) is 0 Å². The van der Waals surface area contributed by atoms with Crippen LogP contribution in [0, 0.1) is 0 Å². The molecular weight excluding hydrogens is 545 g/mol. The molecule has 206 valence electrons. The van der Waals surface area contributed by atoms with Gasteiger partial charge in [0.15, 0.2) is 5.75 Å². The molecule has 0 fully saturated rings. The van der Waals surface area contributed by atoms with Gasteiger partial charge < -0.3 is 9.64 Å². The van der Waals surface area contributed by atoms with Crippen molar-refractivity contribution < 1.29 is 31.1 Å². The number of fused-ring (bicyclic) bond motifs is 1. The molecule has 1 amide bonds. The summed E-state index contributed by atoms with van der Waals surface area (Å²) in [6.07, 6.45) is -1.28. The molecule has 3 aromatic carbocycles. The Morgan fingerprint density at radius 1 is 1.00 bits per heavy atom. The van der Waals surface area contributed by atoms with Crippen LogP contribution in [0.4, 0.5) is 30.2 Å². The number of alkyl halides is 3. The number of anilines is 3. The summed E-state index contributed by atoms with van der Waals surface area (Å²) in [5, 5.41) is 5.47. The van der Waals surface area contributed by atoms with Crippen LogP contribution in [-0.4, -0.2) is 26.6 Å². The Morgan fingerprint density at radius 3 is 2.42 bits per heavy atom. The first-order chi connectivity index (χ1) is 19.0. The van der Waals surface area contributed by atoms with Gasteiger partial charge in [-0.15, -0.1) is 0 Å². The summed E-state index contributed by atoms with van der Waals surface area (Å²) in [4.78, 5) is 14.9. The molecule has 12 heteroatoms. The van der Waals surface area contributed by atoms with E-state index < -0.39 is 27.7 Å². The maximum atomic E-state index is 13.2. The Balaban J connectivity index is 1.33. The fourth-order valence-electron chi connectivity index (χ4n) is 4.28. The second-order valence-corrected chi connectivity index (χ2v) is 10.6. The van der Waals surface area contributed by atoms with Gasteiger partial charge in [-0.05, 0) is 80.6 Å². The molecule has 0 atom stereocenters. The van der Waals surface area contributed by atoms with E-state index in [0.717, 1.165) is 28.6 Å². The van der Waals surface area contributed by atoms with Crippen molar-refractivity contribution >= 4 is 38.7 Å². The summed E-state index contributed by atoms with van der Waals surface area (Å²) in [7, 11) is -4.19. The van der Waals surface area contributed by atoms with Crippen LogP contribution >= 0.6 is 0 Å². The van der Waals surface area contributed by atoms with Gasteiger partial charge >= 0.3 is 6.18 Å². The van der Waals surface area contributed by atoms with Crippen LogP contribution in [0.5, 0.6) is 5.75 Å². The smallest absolute Gasteiger partial charge is 0.416 e. The number of rotatable bonds is 6. The van der Waals surface area contributed by atoms with Crippen LogP contribution in [0.3, 0.4) is 0 Å². The molecule has 2 aliphatic rings. The van der Waals surface area contributed by atoms with Crippen LogP contribution < -0.4 is 19.4 Å². The zero-order valence-electron chi connectivity index (χ0n) is 21.3. The summed E-state index contributed by atoms with van der Waals surface area (Å²) in [6.45, 7) is 4.33. The minimum absolute atomic E-state index is 0.195. The van der Waals surface area contributed by atoms with E-state index in [4.69, 9.17) is 4.74 Å². The number of nitrogens with one attached hydrogen (secondary N) is 1. The molecule has 3 aromatic rings. The minimum atomic E-state index is -4.61. The fourth-order valence-corrected chi connectivity index (χ4v) is 5.33. The van der Waals surface area contributed by atoms with E-state index >= 15 is 0 Å². The average molecular weight is 569 g/mol. The maximum absolute atomic E-state index is 13.2. The molecule has 0 unspecified atom stereocenters. The van der Waals surface area contributed by atoms with Crippen LogP contribution in [0.1, 0.15) is 19.4 Å². The SMILES string of the molecule is CCN1/C(=C/C=C2/C(=O)N(c3ccc(S(=O)(=O)Nc4cccc(C(F)(F)F)c4)cc3)N=C2C)Oc2ccccc21. The number of allylic oxidation sites excluding steroid dienone is 2. The molecule has 0 saturated heterocycles. The van der Waals surface area contributed by atoms with E-state index in [-0.39, 0.29) is 10.6 Å². The number of hydrazone groups is 1. The molecule has 0 saturated carbocycles. The number of hydrogen-bond acceptors (Lipinski definition) is 6. The van der Waals surface area contributed by atoms with Gasteiger partial charge in [0, 0.05) is 12.2 Å². The fraction of sp³-hybridized carbons (Fsp3) is 0.143. The van der Waals surface area contributed by atoms with Crippen LogP contribution in [-0.2, 0) is 21.0 Å². The highest BCUT2D eigenvalue weighted by Gasteiger charge is 2.32. The number of halogens is 3. The van der Waals surface area contributed by atoms with Gasteiger partial charge in [-0.2, -0.15) is 23.3 Å². The number of carbonyl (C=O) groups is 1. The molecule has 8 nitrogen and oxygen atoms in total. The Kier molecular flexibility index (Phi) is 6.88. The minimum Gasteiger partial charge on any atom is -0.439 e. The summed E-state index contributed by atoms with van der Waals surface area (Å²) in [5.41, 5.74) is 0.841. The molecule has 5 rings (SSSR count). The zero-order valence-corrected chi connectivity index (χ0v) is 22.1. The van der Waals surface area contributed by atoms with Gasteiger partial charge in [0.2, 0.25) is 5.88 Å². The van der Waals surface area contributed by atoms with E-state index in [1.54, 1.807) is 19.1 Å². The number of para-hydroxylation sites is 2. The van der Waals surface area contributed by atoms with Gasteiger partial charge in [-0.1, -0.05) is 18.2 Å². The Labute approximate surface area is 228 Å². The van der Waals surface area contributed by atoms with E-state index in [2.05, 4.69) is 9.82 Å². The van der Waals surface area contributed by atoms with E-state index in [0.29, 0.717) is 35.5 Å². The predicted octanol–water partition coefficient (Wildman–Crippen LogP) is 5.92. The third-order valence-electron chi connectivity index (χ3n) is 6.24. The number of sulfonamides is 1. The van der Waals surface area contributed by atoms with E-state index in [1.807, 2.05) is 36.1 Å². The first-order valence-corrected chi connectivity index (χ1v) is 13.6. The average Bonchev–Trinajstić information content (AvgIpc) is 3.42. The van der Waals surface area contributed by atoms with Gasteiger partial charge in [0.25, 0.3) is 15.9 Å². The summed E-state index contributed by atoms with van der Waals surface area (Å²) in [5.74, 6) is 0.875. The molecule has 40 heavy (non-hydrogen) atoms. The number of amides is 1. The molecule has 0 spiro atoms. The van der Waals surface area contributed by atoms with Crippen molar-refractivity contribution in [2.45, 2.75) is 24.9 Å². The molecule has 0 bridgehead atoms. The Hall–Kier alpha value is -4.58. The lowest BCUT2D eigenvalue weighted by atomic mass is 10.1. The Morgan fingerprint density at radius 2 is 1.73 bits per heavy atom. The number of carbonyl (C=O) groups excluding carboxylic acids is 1. The van der Waals surface area contributed by atoms with Crippen molar-refractivity contribution in [1.29, 1.82) is 0 Å². The van der Waals surface area contributed by atoms with Gasteiger partial charge in [0.1, 0.15) is 0 Å². The van der Waals surface area contributed by atoms with Gasteiger partial charge in [-0.25, -0.2) is 8.42 Å². The van der Waals surface area contributed by atoms with Gasteiger partial charge in [0.05, 0.1) is 33.1 Å². The first kappa shape index (κ1) is 27.0. The summed E-state index contributed by atoms with van der Waals surface area (Å²) in [6, 6.07) is 16.8. The van der Waals surface area contributed by atoms with Crippen LogP contribution in [0.15, 0.2) is 106 Å². The summed E-state index contributed by atoms with van der Waals surface area (Å²) < 4.78 is 72.6. The van der Waals surface area contributed by atoms with Crippen molar-refractivity contribution in [3.63, 3.8) is 0 Å². The zero-order chi connectivity index (χ0) is 28.7. The Bertz CT molecular complexity index is 1680. The number of benzene rings is 3. The molecule has 0 aromatic heterocycles. The van der Waals surface area contributed by atoms with Crippen LogP contribution in [0.25, 0.3) is 0 Å². The lowest BCUT2D eigenvalue weighted by molar-refractivity contribution is -0.137. The number of ether oxygens (including phenoxy) is 1. The molecule has 1 N–H and O–H groups in total. The maximum Gasteiger partial charge on any atom is 0.416 e. The third kappa shape index (κ3) is 5.17. The highest BCUT2D eigenvalue weighted by molar-refractivity contribution is 7.92. The molecule has 2 heterocycles. The van der Waals surface area contributed by atoms with E-state index in [9.17, 15) is 26.4 Å². The first-order valence-electron chi connectivity index (χ1n) is 12.1. The highest BCUT2D eigenvalue weighted by atomic mass is 32.2. The standard InChI is InChI=1S/C28H23F3N4O4S/c1-3-34-24-9-4-5-10-25(24)39-26(34)16-15-23-18(2)32-35(27(23)36)21-11-13-22(14-12-21)40(37,38)33-20-8-6-7-19(17-20)28(29,30)31/h4-17,33H,3H2,1-2H3/b23-15+,26-16-. The number of hydrogen-bond donors (Lipinski definition) is 1. The second kappa shape index (κ2) is 10.2. The lowest BCUT2D eigenvalue weighted by Crippen LogP contribution is -2.22. The quantitative estimate of drug-likeness (QED) is 0.373. The summed E-state index contributed by atoms with van der Waals surface area (Å²) >= 11 is 0. The third-order valence-corrected chi connectivity index (χ3v) is 7.64. The largest absolute Gasteiger partial charge is 0.439 e. The topological polar surface area (TPSA) is 91.3 Å². The van der Waals surface area contributed by atoms with Crippen molar-refractivity contribution in [1.82, 2.24) is 0 Å². The molecule has 2 aliphatic heterocycles. The van der Waals surface area contributed by atoms with E-state index in [1.165, 1.54) is 30.3 Å². The van der Waals surface area contributed by atoms with Crippen molar-refractivity contribution in [2.75, 3.05) is 21.2 Å².